The van der Waals surface area contributed by atoms with E-state index in [0.717, 1.165) is 18.0 Å². The molecular formula is C12H13N5OS. The Labute approximate surface area is 115 Å². The topological polar surface area (TPSA) is 87.6 Å². The number of nitriles is 1. The minimum atomic E-state index is -0.131. The SMILES string of the molecule is CCCn1c(CO)nnc1Sc1ccc(C#N)cn1. The van der Waals surface area contributed by atoms with E-state index >= 15 is 0 Å². The molecule has 0 unspecified atom stereocenters. The number of hydrogen-bond acceptors (Lipinski definition) is 6. The second-order valence-electron chi connectivity index (χ2n) is 3.81. The lowest BCUT2D eigenvalue weighted by molar-refractivity contribution is 0.263. The Balaban J connectivity index is 2.22. The van der Waals surface area contributed by atoms with Gasteiger partial charge in [-0.3, -0.25) is 0 Å². The Morgan fingerprint density at radius 3 is 2.84 bits per heavy atom. The summed E-state index contributed by atoms with van der Waals surface area (Å²) in [5, 5.41) is 27.4. The number of rotatable bonds is 5. The average Bonchev–Trinajstić information content (AvgIpc) is 2.82. The van der Waals surface area contributed by atoms with Crippen LogP contribution in [0.5, 0.6) is 0 Å². The van der Waals surface area contributed by atoms with E-state index in [1.54, 1.807) is 12.1 Å². The van der Waals surface area contributed by atoms with Gasteiger partial charge in [0.05, 0.1) is 5.56 Å². The van der Waals surface area contributed by atoms with Gasteiger partial charge < -0.3 is 9.67 Å². The van der Waals surface area contributed by atoms with Crippen LogP contribution in [-0.2, 0) is 13.2 Å². The molecule has 0 radical (unpaired) electrons. The highest BCUT2D eigenvalue weighted by Gasteiger charge is 2.12. The molecule has 2 rings (SSSR count). The number of aliphatic hydroxyl groups excluding tert-OH is 1. The highest BCUT2D eigenvalue weighted by Crippen LogP contribution is 2.25. The normalized spacial score (nSPS) is 10.4. The van der Waals surface area contributed by atoms with Crippen molar-refractivity contribution in [3.05, 3.63) is 29.7 Å². The highest BCUT2D eigenvalue weighted by molar-refractivity contribution is 7.99. The van der Waals surface area contributed by atoms with E-state index < -0.39 is 0 Å². The average molecular weight is 275 g/mol. The maximum absolute atomic E-state index is 9.21. The summed E-state index contributed by atoms with van der Waals surface area (Å²) < 4.78 is 1.88. The van der Waals surface area contributed by atoms with E-state index in [1.165, 1.54) is 18.0 Å². The van der Waals surface area contributed by atoms with Gasteiger partial charge in [-0.1, -0.05) is 6.92 Å². The molecule has 0 aliphatic carbocycles. The minimum Gasteiger partial charge on any atom is -0.388 e. The van der Waals surface area contributed by atoms with Gasteiger partial charge in [-0.05, 0) is 30.3 Å². The molecule has 0 aliphatic rings. The first kappa shape index (κ1) is 13.5. The van der Waals surface area contributed by atoms with Crippen LogP contribution in [0.25, 0.3) is 0 Å². The number of aliphatic hydroxyl groups is 1. The summed E-state index contributed by atoms with van der Waals surface area (Å²) in [6, 6.07) is 5.51. The molecule has 2 aromatic heterocycles. The van der Waals surface area contributed by atoms with Crippen molar-refractivity contribution in [1.29, 1.82) is 5.26 Å². The van der Waals surface area contributed by atoms with Crippen molar-refractivity contribution >= 4 is 11.8 Å². The second kappa shape index (κ2) is 6.31. The monoisotopic (exact) mass is 275 g/mol. The van der Waals surface area contributed by atoms with Crippen LogP contribution in [0.1, 0.15) is 24.7 Å². The van der Waals surface area contributed by atoms with Crippen LogP contribution in [0, 0.1) is 11.3 Å². The lowest BCUT2D eigenvalue weighted by atomic mass is 10.3. The molecule has 0 amide bonds. The van der Waals surface area contributed by atoms with Crippen LogP contribution >= 0.6 is 11.8 Å². The fourth-order valence-corrected chi connectivity index (χ4v) is 2.38. The molecule has 0 atom stereocenters. The van der Waals surface area contributed by atoms with Gasteiger partial charge >= 0.3 is 0 Å². The Morgan fingerprint density at radius 1 is 1.42 bits per heavy atom. The van der Waals surface area contributed by atoms with Crippen LogP contribution in [0.15, 0.2) is 28.5 Å². The van der Waals surface area contributed by atoms with Gasteiger partial charge in [-0.15, -0.1) is 10.2 Å². The zero-order chi connectivity index (χ0) is 13.7. The van der Waals surface area contributed by atoms with Crippen LogP contribution in [0.4, 0.5) is 0 Å². The fraction of sp³-hybridized carbons (Fsp3) is 0.333. The molecule has 0 fully saturated rings. The molecule has 0 saturated carbocycles. The first-order valence-electron chi connectivity index (χ1n) is 5.85. The fourth-order valence-electron chi connectivity index (χ4n) is 1.56. The smallest absolute Gasteiger partial charge is 0.197 e. The molecule has 0 bridgehead atoms. The predicted molar refractivity (Wildman–Crippen MR) is 69.3 cm³/mol. The predicted octanol–water partition coefficient (Wildman–Crippen LogP) is 1.60. The summed E-state index contributed by atoms with van der Waals surface area (Å²) in [7, 11) is 0. The molecule has 98 valence electrons. The van der Waals surface area contributed by atoms with E-state index in [-0.39, 0.29) is 6.61 Å². The van der Waals surface area contributed by atoms with Crippen molar-refractivity contribution in [2.24, 2.45) is 0 Å². The van der Waals surface area contributed by atoms with Crippen molar-refractivity contribution in [3.8, 4) is 6.07 Å². The van der Waals surface area contributed by atoms with Crippen molar-refractivity contribution in [3.63, 3.8) is 0 Å². The van der Waals surface area contributed by atoms with Crippen LogP contribution in [0.2, 0.25) is 0 Å². The lowest BCUT2D eigenvalue weighted by Gasteiger charge is -2.06. The molecular weight excluding hydrogens is 262 g/mol. The van der Waals surface area contributed by atoms with E-state index in [2.05, 4.69) is 22.1 Å². The van der Waals surface area contributed by atoms with E-state index in [4.69, 9.17) is 5.26 Å². The largest absolute Gasteiger partial charge is 0.388 e. The summed E-state index contributed by atoms with van der Waals surface area (Å²) in [5.41, 5.74) is 0.524. The number of pyridine rings is 1. The zero-order valence-electron chi connectivity index (χ0n) is 10.4. The van der Waals surface area contributed by atoms with Gasteiger partial charge in [-0.25, -0.2) is 4.98 Å². The van der Waals surface area contributed by atoms with Gasteiger partial charge in [0.25, 0.3) is 0 Å². The molecule has 7 heteroatoms. The first-order valence-corrected chi connectivity index (χ1v) is 6.67. The standard InChI is InChI=1S/C12H13N5OS/c1-2-5-17-10(8-18)15-16-12(17)19-11-4-3-9(6-13)7-14-11/h3-4,7,18H,2,5,8H2,1H3. The molecule has 0 spiro atoms. The van der Waals surface area contributed by atoms with Gasteiger partial charge in [-0.2, -0.15) is 5.26 Å². The van der Waals surface area contributed by atoms with Gasteiger partial charge in [0.2, 0.25) is 0 Å². The number of nitrogens with zero attached hydrogens (tertiary/aromatic N) is 5. The van der Waals surface area contributed by atoms with Crippen molar-refractivity contribution in [1.82, 2.24) is 19.7 Å². The third kappa shape index (κ3) is 3.10. The second-order valence-corrected chi connectivity index (χ2v) is 4.80. The molecule has 0 saturated heterocycles. The Kier molecular flexibility index (Phi) is 4.49. The molecule has 1 N–H and O–H groups in total. The summed E-state index contributed by atoms with van der Waals surface area (Å²) in [4.78, 5) is 4.18. The molecule has 0 aromatic carbocycles. The Bertz CT molecular complexity index is 587. The lowest BCUT2D eigenvalue weighted by Crippen LogP contribution is -2.04. The summed E-state index contributed by atoms with van der Waals surface area (Å²) >= 11 is 1.37. The van der Waals surface area contributed by atoms with Gasteiger partial charge in [0, 0.05) is 12.7 Å². The van der Waals surface area contributed by atoms with E-state index in [0.29, 0.717) is 16.5 Å². The van der Waals surface area contributed by atoms with E-state index in [1.807, 2.05) is 10.6 Å². The maximum atomic E-state index is 9.21. The third-order valence-electron chi connectivity index (χ3n) is 2.44. The van der Waals surface area contributed by atoms with Crippen LogP contribution in [0.3, 0.4) is 0 Å². The van der Waals surface area contributed by atoms with Crippen molar-refractivity contribution in [2.75, 3.05) is 0 Å². The molecule has 2 aromatic rings. The molecule has 2 heterocycles. The Morgan fingerprint density at radius 2 is 2.26 bits per heavy atom. The number of aromatic nitrogens is 4. The molecule has 0 aliphatic heterocycles. The zero-order valence-corrected chi connectivity index (χ0v) is 11.3. The first-order chi connectivity index (χ1) is 9.28. The van der Waals surface area contributed by atoms with Gasteiger partial charge in [0.15, 0.2) is 11.0 Å². The Hall–Kier alpha value is -1.91. The quantitative estimate of drug-likeness (QED) is 0.891. The van der Waals surface area contributed by atoms with Crippen LogP contribution < -0.4 is 0 Å². The maximum Gasteiger partial charge on any atom is 0.197 e. The molecule has 19 heavy (non-hydrogen) atoms. The minimum absolute atomic E-state index is 0.131. The highest BCUT2D eigenvalue weighted by atomic mass is 32.2. The summed E-state index contributed by atoms with van der Waals surface area (Å²) in [5.74, 6) is 0.554. The molecule has 6 nitrogen and oxygen atoms in total. The van der Waals surface area contributed by atoms with E-state index in [9.17, 15) is 5.11 Å². The summed E-state index contributed by atoms with van der Waals surface area (Å²) in [6.07, 6.45) is 2.45. The van der Waals surface area contributed by atoms with Crippen molar-refractivity contribution in [2.45, 2.75) is 36.7 Å². The number of hydrogen-bond donors (Lipinski definition) is 1. The van der Waals surface area contributed by atoms with Crippen LogP contribution in [-0.4, -0.2) is 24.9 Å². The van der Waals surface area contributed by atoms with Crippen molar-refractivity contribution < 1.29 is 5.11 Å². The third-order valence-corrected chi connectivity index (χ3v) is 3.38. The summed E-state index contributed by atoms with van der Waals surface area (Å²) in [6.45, 7) is 2.67. The van der Waals surface area contributed by atoms with Gasteiger partial charge in [0.1, 0.15) is 17.7 Å².